The molecule has 0 radical (unpaired) electrons. The van der Waals surface area contributed by atoms with Gasteiger partial charge in [-0.2, -0.15) is 0 Å². The summed E-state index contributed by atoms with van der Waals surface area (Å²) < 4.78 is 22.9. The zero-order valence-corrected chi connectivity index (χ0v) is 13.4. The van der Waals surface area contributed by atoms with Gasteiger partial charge in [0.15, 0.2) is 0 Å². The van der Waals surface area contributed by atoms with Crippen LogP contribution in [0.15, 0.2) is 23.1 Å². The van der Waals surface area contributed by atoms with Gasteiger partial charge >= 0.3 is 0 Å². The van der Waals surface area contributed by atoms with Gasteiger partial charge in [-0.3, -0.25) is 0 Å². The van der Waals surface area contributed by atoms with E-state index in [2.05, 4.69) is 24.3 Å². The molecule has 0 unspecified atom stereocenters. The van der Waals surface area contributed by atoms with Crippen LogP contribution in [-0.4, -0.2) is 39.5 Å². The Morgan fingerprint density at radius 1 is 1.29 bits per heavy atom. The van der Waals surface area contributed by atoms with Gasteiger partial charge in [0.1, 0.15) is 0 Å². The quantitative estimate of drug-likeness (QED) is 0.709. The second kappa shape index (κ2) is 5.82. The Hall–Kier alpha value is -1.31. The van der Waals surface area contributed by atoms with E-state index in [9.17, 15) is 8.42 Å². The number of nitrogens with one attached hydrogen (secondary N) is 1. The fraction of sp³-hybridized carbons (Fsp3) is 0.571. The molecule has 7 heteroatoms. The minimum absolute atomic E-state index is 0.0736. The maximum Gasteiger partial charge on any atom is 0.238 e. The van der Waals surface area contributed by atoms with Gasteiger partial charge < -0.3 is 16.0 Å². The number of nitrogens with two attached hydrogens (primary N) is 2. The molecule has 1 aliphatic carbocycles. The first-order valence-corrected chi connectivity index (χ1v) is 8.63. The highest BCUT2D eigenvalue weighted by molar-refractivity contribution is 7.89. The molecule has 21 heavy (non-hydrogen) atoms. The number of nitrogen functional groups attached to an aromatic ring is 1. The van der Waals surface area contributed by atoms with Crippen molar-refractivity contribution in [3.8, 4) is 0 Å². The predicted molar refractivity (Wildman–Crippen MR) is 85.6 cm³/mol. The summed E-state index contributed by atoms with van der Waals surface area (Å²) in [5.41, 5.74) is 7.17. The van der Waals surface area contributed by atoms with Gasteiger partial charge in [0.2, 0.25) is 10.0 Å². The minimum Gasteiger partial charge on any atom is -0.397 e. The van der Waals surface area contributed by atoms with Gasteiger partial charge in [-0.25, -0.2) is 13.6 Å². The van der Waals surface area contributed by atoms with E-state index in [1.165, 1.54) is 25.0 Å². The van der Waals surface area contributed by atoms with Crippen molar-refractivity contribution in [3.63, 3.8) is 0 Å². The third-order valence-electron chi connectivity index (χ3n) is 4.44. The van der Waals surface area contributed by atoms with Gasteiger partial charge in [0.25, 0.3) is 0 Å². The molecule has 1 aromatic rings. The number of anilines is 2. The van der Waals surface area contributed by atoms with Crippen molar-refractivity contribution in [3.05, 3.63) is 18.2 Å². The van der Waals surface area contributed by atoms with E-state index >= 15 is 0 Å². The molecule has 118 valence electrons. The first-order chi connectivity index (χ1) is 9.74. The van der Waals surface area contributed by atoms with Gasteiger partial charge in [-0.05, 0) is 45.1 Å². The van der Waals surface area contributed by atoms with Crippen molar-refractivity contribution in [2.75, 3.05) is 31.7 Å². The lowest BCUT2D eigenvalue weighted by Gasteiger charge is -2.37. The number of nitrogens with zero attached hydrogens (tertiary/aromatic N) is 1. The molecule has 0 saturated heterocycles. The van der Waals surface area contributed by atoms with Crippen molar-refractivity contribution in [1.82, 2.24) is 4.90 Å². The Balaban J connectivity index is 2.20. The summed E-state index contributed by atoms with van der Waals surface area (Å²) in [6, 6.07) is 4.50. The zero-order valence-electron chi connectivity index (χ0n) is 12.6. The monoisotopic (exact) mass is 312 g/mol. The van der Waals surface area contributed by atoms with Crippen LogP contribution in [0.5, 0.6) is 0 Å². The van der Waals surface area contributed by atoms with Crippen LogP contribution >= 0.6 is 0 Å². The fourth-order valence-electron chi connectivity index (χ4n) is 2.94. The molecule has 1 aromatic carbocycles. The van der Waals surface area contributed by atoms with Crippen molar-refractivity contribution >= 4 is 21.4 Å². The van der Waals surface area contributed by atoms with Gasteiger partial charge in [-0.15, -0.1) is 0 Å². The molecule has 1 fully saturated rings. The number of hydrogen-bond donors (Lipinski definition) is 3. The van der Waals surface area contributed by atoms with Gasteiger partial charge in [0.05, 0.1) is 16.3 Å². The summed E-state index contributed by atoms with van der Waals surface area (Å²) in [5, 5.41) is 8.47. The van der Waals surface area contributed by atoms with E-state index in [0.717, 1.165) is 19.4 Å². The summed E-state index contributed by atoms with van der Waals surface area (Å²) in [6.45, 7) is 0.734. The summed E-state index contributed by atoms with van der Waals surface area (Å²) in [5.74, 6) is 0. The predicted octanol–water partition coefficient (Wildman–Crippen LogP) is 1.20. The minimum atomic E-state index is -3.72. The molecule has 0 aliphatic heterocycles. The molecule has 2 rings (SSSR count). The van der Waals surface area contributed by atoms with Crippen LogP contribution in [0, 0.1) is 0 Å². The van der Waals surface area contributed by atoms with Crippen LogP contribution in [-0.2, 0) is 10.0 Å². The summed E-state index contributed by atoms with van der Waals surface area (Å²) >= 11 is 0. The molecule has 0 bridgehead atoms. The maximum atomic E-state index is 11.4. The molecule has 6 nitrogen and oxygen atoms in total. The molecule has 0 amide bonds. The summed E-state index contributed by atoms with van der Waals surface area (Å²) in [7, 11) is 0.444. The van der Waals surface area contributed by atoms with E-state index in [-0.39, 0.29) is 10.4 Å². The van der Waals surface area contributed by atoms with E-state index < -0.39 is 10.0 Å². The number of likely N-dealkylation sites (N-methyl/N-ethyl adjacent to an activating group) is 1. The van der Waals surface area contributed by atoms with E-state index in [1.807, 2.05) is 0 Å². The first kappa shape index (κ1) is 16.1. The molecule has 1 aliphatic rings. The van der Waals surface area contributed by atoms with Gasteiger partial charge in [-0.1, -0.05) is 12.8 Å². The number of sulfonamides is 1. The lowest BCUT2D eigenvalue weighted by Crippen LogP contribution is -2.47. The highest BCUT2D eigenvalue weighted by atomic mass is 32.2. The van der Waals surface area contributed by atoms with Crippen LogP contribution in [0.25, 0.3) is 0 Å². The van der Waals surface area contributed by atoms with Crippen LogP contribution in [0.1, 0.15) is 25.7 Å². The Kier molecular flexibility index (Phi) is 4.46. The molecule has 0 heterocycles. The number of hydrogen-bond acceptors (Lipinski definition) is 5. The topological polar surface area (TPSA) is 101 Å². The number of rotatable bonds is 5. The fourth-order valence-corrected chi connectivity index (χ4v) is 3.48. The van der Waals surface area contributed by atoms with Gasteiger partial charge in [0, 0.05) is 12.1 Å². The summed E-state index contributed by atoms with van der Waals surface area (Å²) in [6.07, 6.45) is 4.68. The zero-order chi connectivity index (χ0) is 15.7. The van der Waals surface area contributed by atoms with Crippen molar-refractivity contribution in [2.24, 2.45) is 5.14 Å². The number of primary sulfonamides is 1. The Morgan fingerprint density at radius 2 is 1.90 bits per heavy atom. The Labute approximate surface area is 126 Å². The Morgan fingerprint density at radius 3 is 2.43 bits per heavy atom. The summed E-state index contributed by atoms with van der Waals surface area (Å²) in [4.78, 5) is 2.32. The van der Waals surface area contributed by atoms with Crippen molar-refractivity contribution in [2.45, 2.75) is 36.1 Å². The highest BCUT2D eigenvalue weighted by Crippen LogP contribution is 2.34. The maximum absolute atomic E-state index is 11.4. The standard InChI is InChI=1S/C14H24N4O2S/c1-18(2)14(7-3-4-8-14)10-17-13-9-11(21(16,19)20)5-6-12(13)15/h5-6,9,17H,3-4,7-8,10,15H2,1-2H3,(H2,16,19,20). The van der Waals surface area contributed by atoms with Crippen LogP contribution in [0.4, 0.5) is 11.4 Å². The van der Waals surface area contributed by atoms with Crippen LogP contribution in [0.2, 0.25) is 0 Å². The first-order valence-electron chi connectivity index (χ1n) is 7.08. The highest BCUT2D eigenvalue weighted by Gasteiger charge is 2.35. The van der Waals surface area contributed by atoms with Crippen LogP contribution in [0.3, 0.4) is 0 Å². The van der Waals surface area contributed by atoms with Crippen molar-refractivity contribution in [1.29, 1.82) is 0 Å². The lowest BCUT2D eigenvalue weighted by atomic mass is 9.96. The van der Waals surface area contributed by atoms with Crippen molar-refractivity contribution < 1.29 is 8.42 Å². The number of benzene rings is 1. The second-order valence-corrected chi connectivity index (χ2v) is 7.53. The molecule has 0 aromatic heterocycles. The van der Waals surface area contributed by atoms with Crippen LogP contribution < -0.4 is 16.2 Å². The third-order valence-corrected chi connectivity index (χ3v) is 5.36. The average molecular weight is 312 g/mol. The molecule has 0 atom stereocenters. The largest absolute Gasteiger partial charge is 0.397 e. The molecular weight excluding hydrogens is 288 g/mol. The Bertz CT molecular complexity index is 607. The molecule has 1 saturated carbocycles. The molecular formula is C14H24N4O2S. The normalized spacial score (nSPS) is 18.1. The smallest absolute Gasteiger partial charge is 0.238 e. The van der Waals surface area contributed by atoms with E-state index in [4.69, 9.17) is 10.9 Å². The van der Waals surface area contributed by atoms with E-state index in [1.54, 1.807) is 6.07 Å². The lowest BCUT2D eigenvalue weighted by molar-refractivity contribution is 0.172. The van der Waals surface area contributed by atoms with E-state index in [0.29, 0.717) is 11.4 Å². The molecule has 5 N–H and O–H groups in total. The average Bonchev–Trinajstić information content (AvgIpc) is 2.86. The molecule has 0 spiro atoms. The SMILES string of the molecule is CN(C)C1(CNc2cc(S(N)(=O)=O)ccc2N)CCCC1. The second-order valence-electron chi connectivity index (χ2n) is 5.97. The third kappa shape index (κ3) is 3.48.